The predicted octanol–water partition coefficient (Wildman–Crippen LogP) is 2.09. The fourth-order valence-electron chi connectivity index (χ4n) is 0.297. The highest BCUT2D eigenvalue weighted by atomic mass is 127. The first-order valence-corrected chi connectivity index (χ1v) is 3.96. The Morgan fingerprint density at radius 2 is 2.30 bits per heavy atom. The zero-order chi connectivity index (χ0) is 7.98. The summed E-state index contributed by atoms with van der Waals surface area (Å²) >= 11 is 2.18. The zero-order valence-corrected chi connectivity index (χ0v) is 8.34. The van der Waals surface area contributed by atoms with Gasteiger partial charge >= 0.3 is 0 Å². The molecular formula is C7H11IN2. The molecule has 0 spiro atoms. The van der Waals surface area contributed by atoms with Crippen LogP contribution in [0.1, 0.15) is 6.92 Å². The van der Waals surface area contributed by atoms with Gasteiger partial charge in [0.15, 0.2) is 0 Å². The normalized spacial score (nSPS) is 13.1. The summed E-state index contributed by atoms with van der Waals surface area (Å²) in [5, 5.41) is 2.99. The summed E-state index contributed by atoms with van der Waals surface area (Å²) in [5.74, 6) is 0.899. The lowest BCUT2D eigenvalue weighted by Crippen LogP contribution is -2.12. The Labute approximate surface area is 75.3 Å². The molecule has 1 N–H and O–H groups in total. The summed E-state index contributed by atoms with van der Waals surface area (Å²) in [6.45, 7) is 5.51. The molecule has 0 aliphatic carbocycles. The van der Waals surface area contributed by atoms with Crippen molar-refractivity contribution < 1.29 is 0 Å². The molecule has 0 saturated carbocycles. The average Bonchev–Trinajstić information content (AvgIpc) is 1.99. The van der Waals surface area contributed by atoms with E-state index in [1.54, 1.807) is 13.1 Å². The summed E-state index contributed by atoms with van der Waals surface area (Å²) < 4.78 is 1.07. The Kier molecular flexibility index (Phi) is 5.29. The number of allylic oxidation sites excluding steroid dienone is 2. The smallest absolute Gasteiger partial charge is 0.0967 e. The van der Waals surface area contributed by atoms with Gasteiger partial charge in [0.05, 0.1) is 5.84 Å². The third kappa shape index (κ3) is 4.55. The Balaban J connectivity index is 3.83. The molecule has 0 atom stereocenters. The molecular weight excluding hydrogens is 239 g/mol. The molecule has 10 heavy (non-hydrogen) atoms. The van der Waals surface area contributed by atoms with E-state index in [1.807, 2.05) is 13.1 Å². The van der Waals surface area contributed by atoms with Crippen molar-refractivity contribution in [1.82, 2.24) is 5.32 Å². The second-order valence-electron chi connectivity index (χ2n) is 1.69. The van der Waals surface area contributed by atoms with Crippen molar-refractivity contribution >= 4 is 28.4 Å². The molecule has 56 valence electrons. The van der Waals surface area contributed by atoms with Crippen LogP contribution in [0.2, 0.25) is 0 Å². The Morgan fingerprint density at radius 1 is 1.70 bits per heavy atom. The lowest BCUT2D eigenvalue weighted by Gasteiger charge is -1.96. The molecule has 0 aromatic rings. The van der Waals surface area contributed by atoms with Crippen LogP contribution in [-0.2, 0) is 0 Å². The van der Waals surface area contributed by atoms with Crippen molar-refractivity contribution in [3.05, 3.63) is 22.4 Å². The molecule has 0 aliphatic rings. The molecule has 0 saturated heterocycles. The fourth-order valence-corrected chi connectivity index (χ4v) is 0.453. The second-order valence-corrected chi connectivity index (χ2v) is 2.93. The number of halogens is 1. The van der Waals surface area contributed by atoms with Gasteiger partial charge in [-0.15, -0.1) is 0 Å². The van der Waals surface area contributed by atoms with Crippen LogP contribution in [0.4, 0.5) is 0 Å². The summed E-state index contributed by atoms with van der Waals surface area (Å²) in [4.78, 5) is 3.92. The lowest BCUT2D eigenvalue weighted by molar-refractivity contribution is 1.21. The quantitative estimate of drug-likeness (QED) is 0.345. The molecule has 0 unspecified atom stereocenters. The summed E-state index contributed by atoms with van der Waals surface area (Å²) in [5.41, 5.74) is 0. The molecule has 0 heterocycles. The molecule has 0 fully saturated rings. The number of rotatable bonds is 2. The molecule has 0 aromatic carbocycles. The van der Waals surface area contributed by atoms with Gasteiger partial charge in [0, 0.05) is 16.8 Å². The molecule has 0 amide bonds. The van der Waals surface area contributed by atoms with Crippen molar-refractivity contribution in [2.75, 3.05) is 7.05 Å². The van der Waals surface area contributed by atoms with E-state index in [1.165, 1.54) is 0 Å². The van der Waals surface area contributed by atoms with Crippen molar-refractivity contribution in [3.63, 3.8) is 0 Å². The minimum Gasteiger partial charge on any atom is -0.350 e. The van der Waals surface area contributed by atoms with Gasteiger partial charge in [-0.1, -0.05) is 12.7 Å². The van der Waals surface area contributed by atoms with Crippen LogP contribution in [0, 0.1) is 0 Å². The van der Waals surface area contributed by atoms with Crippen LogP contribution in [0.3, 0.4) is 0 Å². The third-order valence-electron chi connectivity index (χ3n) is 0.949. The van der Waals surface area contributed by atoms with Gasteiger partial charge in [0.25, 0.3) is 0 Å². The molecule has 0 aromatic heterocycles. The molecule has 0 radical (unpaired) electrons. The van der Waals surface area contributed by atoms with Crippen LogP contribution < -0.4 is 5.32 Å². The average molecular weight is 250 g/mol. The number of hydrogen-bond acceptors (Lipinski definition) is 1. The van der Waals surface area contributed by atoms with Gasteiger partial charge in [-0.25, -0.2) is 0 Å². The number of nitrogens with one attached hydrogen (secondary N) is 1. The summed E-state index contributed by atoms with van der Waals surface area (Å²) in [6.07, 6.45) is 3.63. The fraction of sp³-hybridized carbons (Fsp3) is 0.286. The van der Waals surface area contributed by atoms with E-state index in [4.69, 9.17) is 0 Å². The van der Waals surface area contributed by atoms with Crippen molar-refractivity contribution in [1.29, 1.82) is 0 Å². The van der Waals surface area contributed by atoms with Crippen LogP contribution in [0.5, 0.6) is 0 Å². The van der Waals surface area contributed by atoms with Crippen molar-refractivity contribution in [2.24, 2.45) is 4.99 Å². The summed E-state index contributed by atoms with van der Waals surface area (Å²) in [6, 6.07) is 0. The topological polar surface area (TPSA) is 24.4 Å². The first-order valence-electron chi connectivity index (χ1n) is 2.88. The van der Waals surface area contributed by atoms with Gasteiger partial charge in [-0.3, -0.25) is 4.99 Å². The van der Waals surface area contributed by atoms with E-state index in [-0.39, 0.29) is 0 Å². The van der Waals surface area contributed by atoms with Gasteiger partial charge in [-0.2, -0.15) is 0 Å². The minimum absolute atomic E-state index is 0.899. The van der Waals surface area contributed by atoms with E-state index in [0.29, 0.717) is 0 Å². The van der Waals surface area contributed by atoms with Gasteiger partial charge in [0.1, 0.15) is 0 Å². The van der Waals surface area contributed by atoms with E-state index >= 15 is 0 Å². The highest BCUT2D eigenvalue weighted by molar-refractivity contribution is 14.1. The van der Waals surface area contributed by atoms with E-state index in [0.717, 1.165) is 9.42 Å². The first-order chi connectivity index (χ1) is 4.70. The lowest BCUT2D eigenvalue weighted by atomic mass is 10.6. The van der Waals surface area contributed by atoms with E-state index in [9.17, 15) is 0 Å². The largest absolute Gasteiger partial charge is 0.350 e. The monoisotopic (exact) mass is 250 g/mol. The number of aliphatic imine (C=N–C) groups is 1. The third-order valence-corrected chi connectivity index (χ3v) is 1.70. The highest BCUT2D eigenvalue weighted by Gasteiger charge is 1.82. The van der Waals surface area contributed by atoms with Gasteiger partial charge < -0.3 is 5.32 Å². The standard InChI is InChI=1S/C7H11IN2/c1-4-7(8)5-10-6(2)9-3/h4-5H,1H2,2-3H3,(H,9,10)/b7-5+. The SMILES string of the molecule is C=C/C(I)=C\NC(C)=NC. The maximum atomic E-state index is 3.92. The highest BCUT2D eigenvalue weighted by Crippen LogP contribution is 2.03. The number of amidine groups is 1. The number of nitrogens with zero attached hydrogens (tertiary/aromatic N) is 1. The van der Waals surface area contributed by atoms with Crippen LogP contribution >= 0.6 is 22.6 Å². The maximum absolute atomic E-state index is 3.92. The van der Waals surface area contributed by atoms with Crippen LogP contribution in [-0.4, -0.2) is 12.9 Å². The predicted molar refractivity (Wildman–Crippen MR) is 54.5 cm³/mol. The van der Waals surface area contributed by atoms with Gasteiger partial charge in [0.2, 0.25) is 0 Å². The summed E-state index contributed by atoms with van der Waals surface area (Å²) in [7, 11) is 1.75. The molecule has 2 nitrogen and oxygen atoms in total. The Hall–Kier alpha value is -0.320. The van der Waals surface area contributed by atoms with Crippen molar-refractivity contribution in [3.8, 4) is 0 Å². The Morgan fingerprint density at radius 3 is 2.70 bits per heavy atom. The zero-order valence-electron chi connectivity index (χ0n) is 6.19. The van der Waals surface area contributed by atoms with E-state index < -0.39 is 0 Å². The first kappa shape index (κ1) is 9.68. The molecule has 0 rings (SSSR count). The van der Waals surface area contributed by atoms with E-state index in [2.05, 4.69) is 39.5 Å². The number of hydrogen-bond donors (Lipinski definition) is 1. The molecule has 0 bridgehead atoms. The van der Waals surface area contributed by atoms with Gasteiger partial charge in [-0.05, 0) is 29.5 Å². The molecule has 0 aliphatic heterocycles. The minimum atomic E-state index is 0.899. The maximum Gasteiger partial charge on any atom is 0.0967 e. The van der Waals surface area contributed by atoms with Crippen LogP contribution in [0.25, 0.3) is 0 Å². The van der Waals surface area contributed by atoms with Crippen molar-refractivity contribution in [2.45, 2.75) is 6.92 Å². The second kappa shape index (κ2) is 5.46. The Bertz CT molecular complexity index is 170. The van der Waals surface area contributed by atoms with Crippen LogP contribution in [0.15, 0.2) is 27.4 Å². The molecule has 3 heteroatoms.